The molecule has 1 amide bonds. The highest BCUT2D eigenvalue weighted by Gasteiger charge is 2.14. The van der Waals surface area contributed by atoms with Crippen LogP contribution in [-0.2, 0) is 18.4 Å². The van der Waals surface area contributed by atoms with Crippen molar-refractivity contribution in [2.75, 3.05) is 27.1 Å². The molecule has 0 rings (SSSR count). The molecule has 7 heteroatoms. The Morgan fingerprint density at radius 1 is 1.62 bits per heavy atom. The Hall–Kier alpha value is -0.420. The summed E-state index contributed by atoms with van der Waals surface area (Å²) in [5.74, 6) is -0.362. The van der Waals surface area contributed by atoms with Crippen LogP contribution in [0.3, 0.4) is 0 Å². The SMILES string of the molecule is COP(C)(=O)OCCC(=O)NCO. The lowest BCUT2D eigenvalue weighted by Gasteiger charge is -2.10. The standard InChI is InChI=1S/C6H14NO5P/c1-11-13(2,10)12-4-3-6(9)7-5-8/h8H,3-5H2,1-2H3,(H,7,9). The van der Waals surface area contributed by atoms with Gasteiger partial charge in [-0.3, -0.25) is 9.36 Å². The number of rotatable bonds is 6. The van der Waals surface area contributed by atoms with Crippen molar-refractivity contribution in [1.82, 2.24) is 5.32 Å². The van der Waals surface area contributed by atoms with Crippen molar-refractivity contribution in [3.05, 3.63) is 0 Å². The summed E-state index contributed by atoms with van der Waals surface area (Å²) in [6.45, 7) is 0.914. The van der Waals surface area contributed by atoms with Gasteiger partial charge in [0.15, 0.2) is 0 Å². The average Bonchev–Trinajstić information content (AvgIpc) is 2.05. The molecular weight excluding hydrogens is 197 g/mol. The zero-order valence-electron chi connectivity index (χ0n) is 7.65. The third kappa shape index (κ3) is 6.72. The van der Waals surface area contributed by atoms with Crippen molar-refractivity contribution >= 4 is 13.5 Å². The average molecular weight is 211 g/mol. The fourth-order valence-corrected chi connectivity index (χ4v) is 1.06. The van der Waals surface area contributed by atoms with Crippen LogP contribution < -0.4 is 5.32 Å². The van der Waals surface area contributed by atoms with Gasteiger partial charge < -0.3 is 19.5 Å². The van der Waals surface area contributed by atoms with E-state index in [1.54, 1.807) is 0 Å². The summed E-state index contributed by atoms with van der Waals surface area (Å²) in [5.41, 5.74) is 0. The lowest BCUT2D eigenvalue weighted by molar-refractivity contribution is -0.122. The van der Waals surface area contributed by atoms with Crippen molar-refractivity contribution in [3.8, 4) is 0 Å². The summed E-state index contributed by atoms with van der Waals surface area (Å²) in [7, 11) is -1.72. The second-order valence-corrected chi connectivity index (χ2v) is 4.46. The molecule has 1 atom stereocenters. The minimum atomic E-state index is -2.99. The van der Waals surface area contributed by atoms with E-state index in [1.807, 2.05) is 0 Å². The molecule has 0 aliphatic heterocycles. The van der Waals surface area contributed by atoms with Gasteiger partial charge in [0.2, 0.25) is 5.91 Å². The predicted octanol–water partition coefficient (Wildman–Crippen LogP) is -0.0716. The number of hydrogen-bond acceptors (Lipinski definition) is 5. The highest BCUT2D eigenvalue weighted by atomic mass is 31.2. The van der Waals surface area contributed by atoms with Gasteiger partial charge in [0.1, 0.15) is 6.73 Å². The number of aliphatic hydroxyl groups is 1. The lowest BCUT2D eigenvalue weighted by Crippen LogP contribution is -2.24. The van der Waals surface area contributed by atoms with Crippen molar-refractivity contribution in [2.24, 2.45) is 0 Å². The molecule has 13 heavy (non-hydrogen) atoms. The second-order valence-electron chi connectivity index (χ2n) is 2.30. The molecule has 0 fully saturated rings. The van der Waals surface area contributed by atoms with Crippen molar-refractivity contribution in [3.63, 3.8) is 0 Å². The Morgan fingerprint density at radius 2 is 2.23 bits per heavy atom. The highest BCUT2D eigenvalue weighted by Crippen LogP contribution is 2.42. The fraction of sp³-hybridized carbons (Fsp3) is 0.833. The minimum Gasteiger partial charge on any atom is -0.377 e. The fourth-order valence-electron chi connectivity index (χ4n) is 0.533. The first-order valence-corrected chi connectivity index (χ1v) is 5.66. The van der Waals surface area contributed by atoms with Crippen molar-refractivity contribution < 1.29 is 23.5 Å². The first-order valence-electron chi connectivity index (χ1n) is 3.67. The van der Waals surface area contributed by atoms with Crippen LogP contribution in [0.15, 0.2) is 0 Å². The van der Waals surface area contributed by atoms with Crippen LogP contribution in [-0.4, -0.2) is 38.1 Å². The van der Waals surface area contributed by atoms with Crippen LogP contribution in [0.1, 0.15) is 6.42 Å². The van der Waals surface area contributed by atoms with Gasteiger partial charge in [-0.2, -0.15) is 0 Å². The van der Waals surface area contributed by atoms with Crippen molar-refractivity contribution in [2.45, 2.75) is 6.42 Å². The first-order chi connectivity index (χ1) is 6.02. The number of amides is 1. The Morgan fingerprint density at radius 3 is 2.69 bits per heavy atom. The number of aliphatic hydroxyl groups excluding tert-OH is 1. The van der Waals surface area contributed by atoms with Gasteiger partial charge in [-0.05, 0) is 0 Å². The zero-order valence-corrected chi connectivity index (χ0v) is 8.54. The van der Waals surface area contributed by atoms with E-state index in [9.17, 15) is 9.36 Å². The summed E-state index contributed by atoms with van der Waals surface area (Å²) in [6.07, 6.45) is 0.0434. The van der Waals surface area contributed by atoms with Gasteiger partial charge in [0.05, 0.1) is 13.0 Å². The molecule has 6 nitrogen and oxygen atoms in total. The van der Waals surface area contributed by atoms with E-state index in [4.69, 9.17) is 9.63 Å². The Balaban J connectivity index is 3.56. The maximum Gasteiger partial charge on any atom is 0.327 e. The quantitative estimate of drug-likeness (QED) is 0.474. The third-order valence-electron chi connectivity index (χ3n) is 1.26. The minimum absolute atomic E-state index is 0.00739. The van der Waals surface area contributed by atoms with Gasteiger partial charge in [0, 0.05) is 13.8 Å². The zero-order chi connectivity index (χ0) is 10.3. The molecule has 0 aromatic rings. The molecule has 78 valence electrons. The molecule has 1 unspecified atom stereocenters. The van der Waals surface area contributed by atoms with Crippen LogP contribution >= 0.6 is 7.60 Å². The van der Waals surface area contributed by atoms with Crippen LogP contribution in [0, 0.1) is 0 Å². The van der Waals surface area contributed by atoms with Gasteiger partial charge >= 0.3 is 7.60 Å². The maximum atomic E-state index is 11.1. The van der Waals surface area contributed by atoms with Gasteiger partial charge in [0.25, 0.3) is 0 Å². The topological polar surface area (TPSA) is 84.9 Å². The number of carbonyl (C=O) groups excluding carboxylic acids is 1. The molecule has 0 aliphatic carbocycles. The molecule has 0 heterocycles. The molecule has 0 bridgehead atoms. The summed E-state index contributed by atoms with van der Waals surface area (Å²) >= 11 is 0. The normalized spacial score (nSPS) is 15.0. The van der Waals surface area contributed by atoms with E-state index < -0.39 is 14.3 Å². The van der Waals surface area contributed by atoms with E-state index in [0.717, 1.165) is 0 Å². The lowest BCUT2D eigenvalue weighted by atomic mass is 10.4. The monoisotopic (exact) mass is 211 g/mol. The molecule has 0 radical (unpaired) electrons. The molecule has 0 aromatic carbocycles. The van der Waals surface area contributed by atoms with Crippen LogP contribution in [0.5, 0.6) is 0 Å². The molecule has 0 saturated heterocycles. The predicted molar refractivity (Wildman–Crippen MR) is 46.3 cm³/mol. The Kier molecular flexibility index (Phi) is 5.90. The largest absolute Gasteiger partial charge is 0.377 e. The Labute approximate surface area is 76.8 Å². The summed E-state index contributed by atoms with van der Waals surface area (Å²) in [4.78, 5) is 10.7. The van der Waals surface area contributed by atoms with E-state index >= 15 is 0 Å². The third-order valence-corrected chi connectivity index (χ3v) is 2.58. The van der Waals surface area contributed by atoms with Crippen LogP contribution in [0.25, 0.3) is 0 Å². The van der Waals surface area contributed by atoms with E-state index in [-0.39, 0.29) is 18.9 Å². The molecular formula is C6H14NO5P. The summed E-state index contributed by atoms with van der Waals surface area (Å²) < 4.78 is 20.4. The molecule has 0 spiro atoms. The smallest absolute Gasteiger partial charge is 0.327 e. The second kappa shape index (κ2) is 6.10. The highest BCUT2D eigenvalue weighted by molar-refractivity contribution is 7.52. The number of nitrogens with one attached hydrogen (secondary N) is 1. The van der Waals surface area contributed by atoms with Crippen molar-refractivity contribution in [1.29, 1.82) is 0 Å². The summed E-state index contributed by atoms with van der Waals surface area (Å²) in [5, 5.41) is 10.4. The van der Waals surface area contributed by atoms with Crippen LogP contribution in [0.4, 0.5) is 0 Å². The van der Waals surface area contributed by atoms with Crippen LogP contribution in [0.2, 0.25) is 0 Å². The molecule has 2 N–H and O–H groups in total. The number of hydrogen-bond donors (Lipinski definition) is 2. The van der Waals surface area contributed by atoms with E-state index in [0.29, 0.717) is 0 Å². The van der Waals surface area contributed by atoms with E-state index in [2.05, 4.69) is 9.84 Å². The van der Waals surface area contributed by atoms with Gasteiger partial charge in [-0.15, -0.1) is 0 Å². The van der Waals surface area contributed by atoms with Gasteiger partial charge in [-0.25, -0.2) is 0 Å². The Bertz CT molecular complexity index is 207. The molecule has 0 saturated carbocycles. The molecule has 0 aliphatic rings. The summed E-state index contributed by atoms with van der Waals surface area (Å²) in [6, 6.07) is 0. The number of carbonyl (C=O) groups is 1. The molecule has 0 aromatic heterocycles. The maximum absolute atomic E-state index is 11.1. The van der Waals surface area contributed by atoms with E-state index in [1.165, 1.54) is 13.8 Å². The first kappa shape index (κ1) is 12.6. The van der Waals surface area contributed by atoms with Gasteiger partial charge in [-0.1, -0.05) is 0 Å².